The maximum absolute atomic E-state index is 9.12. The molecule has 2 rings (SSSR count). The van der Waals surface area contributed by atoms with Crippen LogP contribution in [0, 0.1) is 13.8 Å². The molecule has 0 spiro atoms. The summed E-state index contributed by atoms with van der Waals surface area (Å²) in [6.45, 7) is 3.97. The summed E-state index contributed by atoms with van der Waals surface area (Å²) in [5, 5.41) is 17.1. The lowest BCUT2D eigenvalue weighted by molar-refractivity contribution is 0.0418. The smallest absolute Gasteiger partial charge is 0.0825 e. The molecule has 1 heterocycles. The van der Waals surface area contributed by atoms with Crippen molar-refractivity contribution < 1.29 is 5.11 Å². The van der Waals surface area contributed by atoms with Crippen LogP contribution in [0.4, 0.5) is 0 Å². The van der Waals surface area contributed by atoms with Crippen molar-refractivity contribution in [1.82, 2.24) is 15.0 Å². The van der Waals surface area contributed by atoms with Crippen molar-refractivity contribution in [2.24, 2.45) is 0 Å². The van der Waals surface area contributed by atoms with E-state index in [1.807, 2.05) is 18.5 Å². The fourth-order valence-electron chi connectivity index (χ4n) is 1.53. The number of hydrogen-bond donors (Lipinski definition) is 1. The second-order valence-electron chi connectivity index (χ2n) is 3.48. The third-order valence-electron chi connectivity index (χ3n) is 2.59. The molecule has 0 bridgehead atoms. The first-order valence-electron chi connectivity index (χ1n) is 4.25. The van der Waals surface area contributed by atoms with Crippen LogP contribution >= 0.6 is 0 Å². The second kappa shape index (κ2) is 2.55. The molecular weight excluding hydrogens is 154 g/mol. The average Bonchev–Trinajstić information content (AvgIpc) is 2.28. The topological polar surface area (TPSA) is 50.9 Å². The molecule has 4 heteroatoms. The molecule has 1 aliphatic carbocycles. The Morgan fingerprint density at radius 1 is 1.42 bits per heavy atom. The Bertz CT molecular complexity index is 288. The first kappa shape index (κ1) is 7.73. The van der Waals surface area contributed by atoms with Gasteiger partial charge in [-0.3, -0.25) is 0 Å². The zero-order valence-electron chi connectivity index (χ0n) is 7.36. The average molecular weight is 167 g/mol. The van der Waals surface area contributed by atoms with Gasteiger partial charge < -0.3 is 5.11 Å². The fourth-order valence-corrected chi connectivity index (χ4v) is 1.53. The molecule has 1 fully saturated rings. The Morgan fingerprint density at radius 2 is 2.08 bits per heavy atom. The van der Waals surface area contributed by atoms with Crippen LogP contribution in [-0.4, -0.2) is 26.2 Å². The minimum atomic E-state index is -0.126. The lowest BCUT2D eigenvalue weighted by Crippen LogP contribution is -2.32. The number of aliphatic hydroxyl groups excluding tert-OH is 1. The quantitative estimate of drug-likeness (QED) is 0.666. The zero-order chi connectivity index (χ0) is 8.72. The highest BCUT2D eigenvalue weighted by molar-refractivity contribution is 5.07. The summed E-state index contributed by atoms with van der Waals surface area (Å²) in [7, 11) is 0. The maximum Gasteiger partial charge on any atom is 0.0825 e. The molecule has 1 aliphatic rings. The standard InChI is InChI=1S/C8H13N3O/c1-5-6(2)11(10-9-5)7-3-8(12)4-7/h7-8,12H,3-4H2,1-2H3. The lowest BCUT2D eigenvalue weighted by atomic mass is 9.89. The second-order valence-corrected chi connectivity index (χ2v) is 3.48. The van der Waals surface area contributed by atoms with Gasteiger partial charge in [0.05, 0.1) is 23.5 Å². The van der Waals surface area contributed by atoms with Gasteiger partial charge in [-0.1, -0.05) is 5.21 Å². The van der Waals surface area contributed by atoms with E-state index in [0.29, 0.717) is 6.04 Å². The van der Waals surface area contributed by atoms with Crippen LogP contribution in [0.2, 0.25) is 0 Å². The van der Waals surface area contributed by atoms with E-state index in [-0.39, 0.29) is 6.10 Å². The number of aromatic nitrogens is 3. The number of aryl methyl sites for hydroxylation is 1. The normalized spacial score (nSPS) is 28.6. The maximum atomic E-state index is 9.12. The summed E-state index contributed by atoms with van der Waals surface area (Å²) in [5.74, 6) is 0. The van der Waals surface area contributed by atoms with Crippen molar-refractivity contribution in [3.63, 3.8) is 0 Å². The van der Waals surface area contributed by atoms with E-state index < -0.39 is 0 Å². The monoisotopic (exact) mass is 167 g/mol. The van der Waals surface area contributed by atoms with Gasteiger partial charge in [0, 0.05) is 0 Å². The number of aliphatic hydroxyl groups is 1. The van der Waals surface area contributed by atoms with E-state index in [2.05, 4.69) is 10.3 Å². The molecule has 0 amide bonds. The zero-order valence-corrected chi connectivity index (χ0v) is 7.36. The molecule has 1 saturated carbocycles. The molecule has 0 radical (unpaired) electrons. The molecule has 0 saturated heterocycles. The third kappa shape index (κ3) is 1.03. The minimum absolute atomic E-state index is 0.126. The summed E-state index contributed by atoms with van der Waals surface area (Å²) in [6, 6.07) is 0.376. The third-order valence-corrected chi connectivity index (χ3v) is 2.59. The molecular formula is C8H13N3O. The van der Waals surface area contributed by atoms with Crippen LogP contribution in [0.1, 0.15) is 30.3 Å². The molecule has 1 aromatic heterocycles. The Hall–Kier alpha value is -0.900. The number of rotatable bonds is 1. The van der Waals surface area contributed by atoms with E-state index in [1.165, 1.54) is 0 Å². The Kier molecular flexibility index (Phi) is 1.65. The molecule has 12 heavy (non-hydrogen) atoms. The number of hydrogen-bond acceptors (Lipinski definition) is 3. The van der Waals surface area contributed by atoms with E-state index in [4.69, 9.17) is 5.11 Å². The van der Waals surface area contributed by atoms with Gasteiger partial charge >= 0.3 is 0 Å². The van der Waals surface area contributed by atoms with Crippen LogP contribution in [0.25, 0.3) is 0 Å². The van der Waals surface area contributed by atoms with Crippen LogP contribution in [0.5, 0.6) is 0 Å². The van der Waals surface area contributed by atoms with Crippen LogP contribution in [0.15, 0.2) is 0 Å². The Labute approximate surface area is 71.2 Å². The van der Waals surface area contributed by atoms with E-state index >= 15 is 0 Å². The first-order chi connectivity index (χ1) is 5.68. The van der Waals surface area contributed by atoms with Crippen molar-refractivity contribution in [3.8, 4) is 0 Å². The van der Waals surface area contributed by atoms with Gasteiger partial charge in [-0.15, -0.1) is 5.10 Å². The SMILES string of the molecule is Cc1nnn(C2CC(O)C2)c1C. The van der Waals surface area contributed by atoms with Gasteiger partial charge in [0.25, 0.3) is 0 Å². The van der Waals surface area contributed by atoms with Gasteiger partial charge in [0.15, 0.2) is 0 Å². The molecule has 4 nitrogen and oxygen atoms in total. The van der Waals surface area contributed by atoms with Crippen molar-refractivity contribution in [2.45, 2.75) is 38.8 Å². The summed E-state index contributed by atoms with van der Waals surface area (Å²) < 4.78 is 1.92. The summed E-state index contributed by atoms with van der Waals surface area (Å²) >= 11 is 0. The highest BCUT2D eigenvalue weighted by Crippen LogP contribution is 2.32. The van der Waals surface area contributed by atoms with Crippen molar-refractivity contribution >= 4 is 0 Å². The molecule has 0 atom stereocenters. The largest absolute Gasteiger partial charge is 0.393 e. The predicted octanol–water partition coefficient (Wildman–Crippen LogP) is 0.591. The summed E-state index contributed by atoms with van der Waals surface area (Å²) in [4.78, 5) is 0. The minimum Gasteiger partial charge on any atom is -0.393 e. The van der Waals surface area contributed by atoms with E-state index in [0.717, 1.165) is 24.2 Å². The van der Waals surface area contributed by atoms with Crippen molar-refractivity contribution in [2.75, 3.05) is 0 Å². The molecule has 0 unspecified atom stereocenters. The highest BCUT2D eigenvalue weighted by atomic mass is 16.3. The van der Waals surface area contributed by atoms with E-state index in [9.17, 15) is 0 Å². The predicted molar refractivity (Wildman–Crippen MR) is 43.8 cm³/mol. The molecule has 66 valence electrons. The highest BCUT2D eigenvalue weighted by Gasteiger charge is 2.30. The molecule has 1 aromatic rings. The van der Waals surface area contributed by atoms with Crippen LogP contribution < -0.4 is 0 Å². The molecule has 0 aliphatic heterocycles. The van der Waals surface area contributed by atoms with Gasteiger partial charge in [-0.25, -0.2) is 4.68 Å². The molecule has 0 aromatic carbocycles. The van der Waals surface area contributed by atoms with Crippen LogP contribution in [-0.2, 0) is 0 Å². The summed E-state index contributed by atoms with van der Waals surface area (Å²) in [5.41, 5.74) is 2.10. The summed E-state index contributed by atoms with van der Waals surface area (Å²) in [6.07, 6.45) is 1.52. The fraction of sp³-hybridized carbons (Fsp3) is 0.750. The Balaban J connectivity index is 2.18. The Morgan fingerprint density at radius 3 is 2.50 bits per heavy atom. The van der Waals surface area contributed by atoms with Crippen molar-refractivity contribution in [3.05, 3.63) is 11.4 Å². The van der Waals surface area contributed by atoms with Crippen LogP contribution in [0.3, 0.4) is 0 Å². The van der Waals surface area contributed by atoms with Crippen molar-refractivity contribution in [1.29, 1.82) is 0 Å². The van der Waals surface area contributed by atoms with Gasteiger partial charge in [0.1, 0.15) is 0 Å². The van der Waals surface area contributed by atoms with E-state index in [1.54, 1.807) is 0 Å². The van der Waals surface area contributed by atoms with Gasteiger partial charge in [-0.2, -0.15) is 0 Å². The van der Waals surface area contributed by atoms with Gasteiger partial charge in [0.2, 0.25) is 0 Å². The lowest BCUT2D eigenvalue weighted by Gasteiger charge is -2.31. The number of nitrogens with zero attached hydrogens (tertiary/aromatic N) is 3. The molecule has 1 N–H and O–H groups in total. The van der Waals surface area contributed by atoms with Gasteiger partial charge in [-0.05, 0) is 26.7 Å². The first-order valence-corrected chi connectivity index (χ1v) is 4.25.